The molecule has 1 aliphatic heterocycles. The third-order valence-electron chi connectivity index (χ3n) is 11.6. The summed E-state index contributed by atoms with van der Waals surface area (Å²) in [7, 11) is -3.56. The minimum atomic E-state index is -3.56. The molecule has 0 radical (unpaired) electrons. The van der Waals surface area contributed by atoms with Crippen LogP contribution in [0.4, 0.5) is 4.79 Å². The van der Waals surface area contributed by atoms with Gasteiger partial charge in [-0.15, -0.1) is 6.58 Å². The fourth-order valence-electron chi connectivity index (χ4n) is 8.30. The topological polar surface area (TPSA) is 171 Å². The summed E-state index contributed by atoms with van der Waals surface area (Å²) in [6.45, 7) is 14.6. The molecular formula is C35H57N5O7S. The highest BCUT2D eigenvalue weighted by Gasteiger charge is 2.70. The van der Waals surface area contributed by atoms with Crippen LogP contribution >= 0.6 is 0 Å². The number of likely N-dealkylation sites (tertiary alicyclic amines) is 1. The Balaban J connectivity index is 1.57. The maximum atomic E-state index is 14.6. The Bertz CT molecular complexity index is 1390. The van der Waals surface area contributed by atoms with Gasteiger partial charge in [0.25, 0.3) is 5.91 Å². The Kier molecular flexibility index (Phi) is 11.1. The van der Waals surface area contributed by atoms with Crippen molar-refractivity contribution in [2.24, 2.45) is 22.7 Å². The van der Waals surface area contributed by atoms with E-state index < -0.39 is 67.8 Å². The molecule has 4 aliphatic rings. The lowest BCUT2D eigenvalue weighted by Gasteiger charge is -2.44. The third-order valence-corrected chi connectivity index (χ3v) is 14.4. The highest BCUT2D eigenvalue weighted by atomic mass is 32.2. The molecule has 3 aliphatic carbocycles. The minimum absolute atomic E-state index is 0.0746. The van der Waals surface area contributed by atoms with Crippen molar-refractivity contribution in [1.82, 2.24) is 26.2 Å². The van der Waals surface area contributed by atoms with Crippen molar-refractivity contribution in [1.29, 1.82) is 0 Å². The van der Waals surface area contributed by atoms with Gasteiger partial charge in [0.05, 0.1) is 22.6 Å². The summed E-state index contributed by atoms with van der Waals surface area (Å²) in [5.41, 5.74) is -1.71. The monoisotopic (exact) mass is 691 g/mol. The molecule has 48 heavy (non-hydrogen) atoms. The second kappa shape index (κ2) is 14.1. The van der Waals surface area contributed by atoms with Crippen LogP contribution in [0.5, 0.6) is 0 Å². The number of fused-ring (bicyclic) bond motifs is 1. The summed E-state index contributed by atoms with van der Waals surface area (Å²) in [6.07, 6.45) is 9.30. The van der Waals surface area contributed by atoms with Gasteiger partial charge >= 0.3 is 6.03 Å². The Labute approximate surface area is 286 Å². The molecule has 4 rings (SSSR count). The molecule has 0 aromatic carbocycles. The number of carbonyl (C=O) groups is 5. The van der Waals surface area contributed by atoms with Gasteiger partial charge in [0.1, 0.15) is 12.1 Å². The van der Waals surface area contributed by atoms with Crippen LogP contribution in [0.3, 0.4) is 0 Å². The second-order valence-electron chi connectivity index (χ2n) is 16.5. The number of nitrogens with zero attached hydrogens (tertiary/aromatic N) is 1. The Morgan fingerprint density at radius 3 is 2.06 bits per heavy atom. The van der Waals surface area contributed by atoms with Crippen LogP contribution in [-0.4, -0.2) is 90.6 Å². The summed E-state index contributed by atoms with van der Waals surface area (Å²) in [6, 6.07) is -2.38. The quantitative estimate of drug-likeness (QED) is 0.180. The molecule has 1 heterocycles. The van der Waals surface area contributed by atoms with Gasteiger partial charge in [-0.2, -0.15) is 0 Å². The molecule has 4 fully saturated rings. The van der Waals surface area contributed by atoms with Crippen LogP contribution < -0.4 is 21.3 Å². The van der Waals surface area contributed by atoms with Gasteiger partial charge in [-0.3, -0.25) is 19.2 Å². The Morgan fingerprint density at radius 1 is 0.917 bits per heavy atom. The van der Waals surface area contributed by atoms with E-state index in [-0.39, 0.29) is 35.5 Å². The van der Waals surface area contributed by atoms with Crippen LogP contribution in [0.1, 0.15) is 106 Å². The van der Waals surface area contributed by atoms with Crippen LogP contribution in [0.15, 0.2) is 12.7 Å². The van der Waals surface area contributed by atoms with E-state index in [1.165, 1.54) is 6.08 Å². The number of urea groups is 1. The predicted molar refractivity (Wildman–Crippen MR) is 183 cm³/mol. The summed E-state index contributed by atoms with van der Waals surface area (Å²) >= 11 is 0. The molecule has 12 nitrogen and oxygen atoms in total. The molecule has 0 aromatic rings. The Morgan fingerprint density at radius 2 is 1.50 bits per heavy atom. The first kappa shape index (κ1) is 37.9. The van der Waals surface area contributed by atoms with Gasteiger partial charge in [0.15, 0.2) is 9.84 Å². The fraction of sp³-hybridized carbons (Fsp3) is 0.800. The first-order chi connectivity index (χ1) is 22.3. The van der Waals surface area contributed by atoms with Gasteiger partial charge in [-0.1, -0.05) is 65.4 Å². The van der Waals surface area contributed by atoms with E-state index in [4.69, 9.17) is 0 Å². The molecule has 3 saturated carbocycles. The number of amides is 5. The average molecular weight is 692 g/mol. The van der Waals surface area contributed by atoms with Crippen molar-refractivity contribution < 1.29 is 32.4 Å². The number of hydrogen-bond acceptors (Lipinski definition) is 7. The normalized spacial score (nSPS) is 26.3. The van der Waals surface area contributed by atoms with Crippen LogP contribution in [-0.2, 0) is 29.0 Å². The molecular weight excluding hydrogens is 634 g/mol. The van der Waals surface area contributed by atoms with Crippen LogP contribution in [0.2, 0.25) is 0 Å². The van der Waals surface area contributed by atoms with Gasteiger partial charge < -0.3 is 26.2 Å². The zero-order valence-corrected chi connectivity index (χ0v) is 30.5. The Hall–Kier alpha value is -2.96. The smallest absolute Gasteiger partial charge is 0.315 e. The number of rotatable bonds is 12. The lowest BCUT2D eigenvalue weighted by atomic mass is 9.70. The molecule has 270 valence electrons. The SMILES string of the molecule is C=CCNC(=O)C(=O)CNC(=O)C1C2C(CN1C(=O)C(NC(=O)NC1(CS(=O)(=O)C(C)(C)C)CCCCC1)C1(C)CCCCC1)C2(C)C. The van der Waals surface area contributed by atoms with Gasteiger partial charge in [-0.05, 0) is 69.1 Å². The number of hydrogen-bond donors (Lipinski definition) is 4. The van der Waals surface area contributed by atoms with E-state index in [0.717, 1.165) is 38.5 Å². The lowest BCUT2D eigenvalue weighted by Crippen LogP contribution is -2.64. The standard InChI is InChI=1S/C35H57N5O7S/c1-8-19-36-28(42)24(41)20-37-29(43)26-25-23(33(25,5)6)21-40(26)30(44)27(34(7)15-11-9-12-16-34)38-31(45)39-35(17-13-10-14-18-35)22-48(46,47)32(2,3)4/h8,23,25-27H,1,9-22H2,2-7H3,(H,36,42)(H,37,43)(H2,38,39,45). The van der Waals surface area contributed by atoms with Gasteiger partial charge in [-0.25, -0.2) is 13.2 Å². The fourth-order valence-corrected chi connectivity index (χ4v) is 9.82. The molecule has 4 N–H and O–H groups in total. The number of ketones is 1. The number of nitrogens with one attached hydrogen (secondary N) is 4. The summed E-state index contributed by atoms with van der Waals surface area (Å²) in [4.78, 5) is 68.3. The lowest BCUT2D eigenvalue weighted by molar-refractivity contribution is -0.145. The molecule has 1 saturated heterocycles. The summed E-state index contributed by atoms with van der Waals surface area (Å²) < 4.78 is 25.7. The first-order valence-corrected chi connectivity index (χ1v) is 19.2. The largest absolute Gasteiger partial charge is 0.347 e. The highest BCUT2D eigenvalue weighted by Crippen LogP contribution is 2.65. The third kappa shape index (κ3) is 7.91. The number of Topliss-reactive ketones (excluding diaryl/α,β-unsaturated/α-hetero) is 1. The van der Waals surface area contributed by atoms with E-state index in [1.807, 2.05) is 6.92 Å². The number of carbonyl (C=O) groups excluding carboxylic acids is 5. The van der Waals surface area contributed by atoms with E-state index >= 15 is 0 Å². The van der Waals surface area contributed by atoms with Gasteiger partial charge in [0.2, 0.25) is 17.6 Å². The molecule has 13 heteroatoms. The molecule has 4 atom stereocenters. The summed E-state index contributed by atoms with van der Waals surface area (Å²) in [5.74, 6) is -2.72. The predicted octanol–water partition coefficient (Wildman–Crippen LogP) is 3.01. The van der Waals surface area contributed by atoms with Crippen molar-refractivity contribution in [2.75, 3.05) is 25.4 Å². The maximum Gasteiger partial charge on any atom is 0.315 e. The molecule has 4 unspecified atom stereocenters. The molecule has 0 spiro atoms. The zero-order valence-electron chi connectivity index (χ0n) is 29.7. The molecule has 0 aromatic heterocycles. The van der Waals surface area contributed by atoms with Crippen molar-refractivity contribution >= 4 is 39.4 Å². The van der Waals surface area contributed by atoms with Crippen LogP contribution in [0, 0.1) is 22.7 Å². The minimum Gasteiger partial charge on any atom is -0.347 e. The molecule has 0 bridgehead atoms. The van der Waals surface area contributed by atoms with Crippen LogP contribution in [0.25, 0.3) is 0 Å². The van der Waals surface area contributed by atoms with Crippen molar-refractivity contribution in [3.05, 3.63) is 12.7 Å². The van der Waals surface area contributed by atoms with Crippen molar-refractivity contribution in [3.63, 3.8) is 0 Å². The van der Waals surface area contributed by atoms with E-state index in [9.17, 15) is 32.4 Å². The van der Waals surface area contributed by atoms with Gasteiger partial charge in [0, 0.05) is 13.1 Å². The average Bonchev–Trinajstić information content (AvgIpc) is 3.32. The van der Waals surface area contributed by atoms with Crippen molar-refractivity contribution in [3.8, 4) is 0 Å². The summed E-state index contributed by atoms with van der Waals surface area (Å²) in [5, 5.41) is 11.1. The van der Waals surface area contributed by atoms with E-state index in [2.05, 4.69) is 41.7 Å². The number of piperidine rings is 1. The zero-order chi connectivity index (χ0) is 35.7. The maximum absolute atomic E-state index is 14.6. The van der Waals surface area contributed by atoms with E-state index in [1.54, 1.807) is 25.7 Å². The second-order valence-corrected chi connectivity index (χ2v) is 19.2. The number of sulfone groups is 1. The first-order valence-electron chi connectivity index (χ1n) is 17.6. The molecule has 5 amide bonds. The highest BCUT2D eigenvalue weighted by molar-refractivity contribution is 7.92. The van der Waals surface area contributed by atoms with Crippen molar-refractivity contribution in [2.45, 2.75) is 128 Å². The van der Waals surface area contributed by atoms with E-state index in [0.29, 0.717) is 32.2 Å².